The molecule has 0 saturated heterocycles. The van der Waals surface area contributed by atoms with Gasteiger partial charge in [-0.25, -0.2) is 4.79 Å². The van der Waals surface area contributed by atoms with Gasteiger partial charge in [0.15, 0.2) is 6.79 Å². The zero-order chi connectivity index (χ0) is 24.9. The zero-order valence-corrected chi connectivity index (χ0v) is 21.1. The first-order valence-electron chi connectivity index (χ1n) is 13.2. The Morgan fingerprint density at radius 2 is 1.64 bits per heavy atom. The highest BCUT2D eigenvalue weighted by Crippen LogP contribution is 2.62. The second kappa shape index (κ2) is 9.11. The Labute approximate surface area is 212 Å². The average Bonchev–Trinajstić information content (AvgIpc) is 2.87. The quantitative estimate of drug-likeness (QED) is 0.273. The lowest BCUT2D eigenvalue weighted by atomic mass is 9.48. The van der Waals surface area contributed by atoms with Gasteiger partial charge >= 0.3 is 5.97 Å². The van der Waals surface area contributed by atoms with E-state index in [2.05, 4.69) is 18.2 Å². The van der Waals surface area contributed by atoms with Gasteiger partial charge in [0, 0.05) is 23.1 Å². The molecule has 3 aromatic rings. The summed E-state index contributed by atoms with van der Waals surface area (Å²) in [5.41, 5.74) is 3.63. The molecule has 1 N–H and O–H groups in total. The monoisotopic (exact) mass is 486 g/mol. The predicted octanol–water partition coefficient (Wildman–Crippen LogP) is 7.05. The Morgan fingerprint density at radius 3 is 2.22 bits per heavy atom. The van der Waals surface area contributed by atoms with Crippen molar-refractivity contribution in [3.63, 3.8) is 0 Å². The molecule has 4 fully saturated rings. The van der Waals surface area contributed by atoms with Crippen LogP contribution in [0.2, 0.25) is 0 Å². The molecule has 4 aliphatic carbocycles. The molecule has 0 atom stereocenters. The molecule has 4 saturated carbocycles. The molecule has 0 aromatic heterocycles. The number of aromatic carboxylic acids is 1. The number of hydrogen-bond donors (Lipinski definition) is 1. The Bertz CT molecular complexity index is 1260. The highest BCUT2D eigenvalue weighted by atomic mass is 16.7. The van der Waals surface area contributed by atoms with Crippen LogP contribution >= 0.6 is 0 Å². The van der Waals surface area contributed by atoms with E-state index in [1.54, 1.807) is 19.2 Å². The van der Waals surface area contributed by atoms with Crippen LogP contribution in [0.1, 0.15) is 61.4 Å². The molecule has 0 unspecified atom stereocenters. The average molecular weight is 487 g/mol. The number of hydrogen-bond acceptors (Lipinski definition) is 4. The van der Waals surface area contributed by atoms with Gasteiger partial charge < -0.3 is 19.3 Å². The van der Waals surface area contributed by atoms with Crippen molar-refractivity contribution in [2.75, 3.05) is 20.5 Å². The fourth-order valence-corrected chi connectivity index (χ4v) is 7.71. The summed E-state index contributed by atoms with van der Waals surface area (Å²) < 4.78 is 17.9. The first kappa shape index (κ1) is 23.4. The number of benzene rings is 3. The van der Waals surface area contributed by atoms with Crippen molar-refractivity contribution >= 4 is 16.7 Å². The van der Waals surface area contributed by atoms with Gasteiger partial charge in [0.2, 0.25) is 0 Å². The second-order valence-corrected chi connectivity index (χ2v) is 11.1. The van der Waals surface area contributed by atoms with E-state index in [1.807, 2.05) is 25.1 Å². The maximum absolute atomic E-state index is 11.4. The minimum Gasteiger partial charge on any atom is -0.496 e. The SMILES string of the molecule is CCOCOc1c(-c2ccc(C(=O)O)cc2)ccc2cc(OC)c(C34CC5CC(CC(C5)C3)C4)cc12. The summed E-state index contributed by atoms with van der Waals surface area (Å²) in [6, 6.07) is 15.6. The van der Waals surface area contributed by atoms with Crippen molar-refractivity contribution < 1.29 is 24.1 Å². The van der Waals surface area contributed by atoms with Gasteiger partial charge in [-0.05, 0) is 104 Å². The Kier molecular flexibility index (Phi) is 5.91. The van der Waals surface area contributed by atoms with Crippen molar-refractivity contribution in [1.82, 2.24) is 0 Å². The topological polar surface area (TPSA) is 65.0 Å². The molecule has 0 aliphatic heterocycles. The first-order chi connectivity index (χ1) is 17.5. The minimum atomic E-state index is -0.930. The van der Waals surface area contributed by atoms with Crippen LogP contribution in [0.15, 0.2) is 48.5 Å². The normalized spacial score (nSPS) is 26.3. The smallest absolute Gasteiger partial charge is 0.335 e. The van der Waals surface area contributed by atoms with Gasteiger partial charge in [-0.3, -0.25) is 0 Å². The predicted molar refractivity (Wildman–Crippen MR) is 140 cm³/mol. The molecule has 0 heterocycles. The lowest BCUT2D eigenvalue weighted by Crippen LogP contribution is -2.48. The van der Waals surface area contributed by atoms with Crippen LogP contribution in [-0.4, -0.2) is 31.6 Å². The second-order valence-electron chi connectivity index (χ2n) is 11.1. The summed E-state index contributed by atoms with van der Waals surface area (Å²) in [6.07, 6.45) is 7.96. The van der Waals surface area contributed by atoms with Crippen molar-refractivity contribution in [2.24, 2.45) is 17.8 Å². The molecule has 36 heavy (non-hydrogen) atoms. The lowest BCUT2D eigenvalue weighted by Gasteiger charge is -2.57. The number of ether oxygens (including phenoxy) is 3. The number of carboxylic acid groups (broad SMARTS) is 1. The lowest BCUT2D eigenvalue weighted by molar-refractivity contribution is -0.00610. The molecule has 3 aromatic carbocycles. The van der Waals surface area contributed by atoms with Gasteiger partial charge in [0.25, 0.3) is 0 Å². The molecule has 188 valence electrons. The maximum atomic E-state index is 11.4. The van der Waals surface area contributed by atoms with Crippen molar-refractivity contribution in [1.29, 1.82) is 0 Å². The van der Waals surface area contributed by atoms with E-state index in [9.17, 15) is 9.90 Å². The molecule has 5 heteroatoms. The van der Waals surface area contributed by atoms with E-state index in [4.69, 9.17) is 14.2 Å². The third-order valence-corrected chi connectivity index (χ3v) is 8.83. The van der Waals surface area contributed by atoms with E-state index in [1.165, 1.54) is 44.1 Å². The molecule has 0 radical (unpaired) electrons. The number of carboxylic acids is 1. The summed E-state index contributed by atoms with van der Waals surface area (Å²) in [4.78, 5) is 11.4. The van der Waals surface area contributed by atoms with Gasteiger partial charge in [-0.15, -0.1) is 0 Å². The molecule has 7 rings (SSSR count). The van der Waals surface area contributed by atoms with Crippen molar-refractivity contribution in [3.05, 3.63) is 59.7 Å². The number of methoxy groups -OCH3 is 1. The molecule has 4 aliphatic rings. The van der Waals surface area contributed by atoms with E-state index in [-0.39, 0.29) is 17.8 Å². The van der Waals surface area contributed by atoms with Gasteiger partial charge in [0.1, 0.15) is 11.5 Å². The van der Waals surface area contributed by atoms with Crippen LogP contribution < -0.4 is 9.47 Å². The largest absolute Gasteiger partial charge is 0.496 e. The van der Waals surface area contributed by atoms with Crippen molar-refractivity contribution in [2.45, 2.75) is 50.9 Å². The van der Waals surface area contributed by atoms with Gasteiger partial charge in [0.05, 0.1) is 12.7 Å². The van der Waals surface area contributed by atoms with Crippen LogP contribution in [0.4, 0.5) is 0 Å². The van der Waals surface area contributed by atoms with Crippen LogP contribution in [0, 0.1) is 17.8 Å². The summed E-state index contributed by atoms with van der Waals surface area (Å²) in [5.74, 6) is 3.34. The Hall–Kier alpha value is -3.05. The first-order valence-corrected chi connectivity index (χ1v) is 13.2. The summed E-state index contributed by atoms with van der Waals surface area (Å²) in [5, 5.41) is 11.5. The molecule has 5 nitrogen and oxygen atoms in total. The molecule has 4 bridgehead atoms. The third-order valence-electron chi connectivity index (χ3n) is 8.83. The van der Waals surface area contributed by atoms with Crippen LogP contribution in [-0.2, 0) is 10.2 Å². The van der Waals surface area contributed by atoms with Gasteiger partial charge in [-0.2, -0.15) is 0 Å². The van der Waals surface area contributed by atoms with Crippen molar-refractivity contribution in [3.8, 4) is 22.6 Å². The third kappa shape index (κ3) is 3.94. The molecule has 0 spiro atoms. The molecule has 0 amide bonds. The zero-order valence-electron chi connectivity index (χ0n) is 21.1. The fourth-order valence-electron chi connectivity index (χ4n) is 7.71. The van der Waals surface area contributed by atoms with Crippen LogP contribution in [0.25, 0.3) is 21.9 Å². The Balaban J connectivity index is 1.51. The molecular formula is C31H34O5. The highest BCUT2D eigenvalue weighted by molar-refractivity contribution is 5.97. The standard InChI is InChI=1S/C31H34O5/c1-3-35-18-36-29-25(22-4-6-23(7-5-22)30(32)33)9-8-24-13-28(34-2)27(14-26(24)29)31-15-19-10-20(16-31)12-21(11-19)17-31/h4-9,13-14,19-21H,3,10-12,15-18H2,1-2H3,(H,32,33). The minimum absolute atomic E-state index is 0.161. The number of rotatable bonds is 8. The van der Waals surface area contributed by atoms with E-state index in [0.717, 1.165) is 51.2 Å². The summed E-state index contributed by atoms with van der Waals surface area (Å²) in [7, 11) is 1.79. The maximum Gasteiger partial charge on any atom is 0.335 e. The number of carbonyl (C=O) groups is 1. The van der Waals surface area contributed by atoms with Crippen LogP contribution in [0.3, 0.4) is 0 Å². The van der Waals surface area contributed by atoms with E-state index >= 15 is 0 Å². The van der Waals surface area contributed by atoms with E-state index < -0.39 is 5.97 Å². The van der Waals surface area contributed by atoms with Crippen LogP contribution in [0.5, 0.6) is 11.5 Å². The summed E-state index contributed by atoms with van der Waals surface area (Å²) >= 11 is 0. The van der Waals surface area contributed by atoms with E-state index in [0.29, 0.717) is 6.61 Å². The summed E-state index contributed by atoms with van der Waals surface area (Å²) in [6.45, 7) is 2.68. The van der Waals surface area contributed by atoms with Gasteiger partial charge in [-0.1, -0.05) is 24.3 Å². The number of fused-ring (bicyclic) bond motifs is 1. The Morgan fingerprint density at radius 1 is 0.972 bits per heavy atom. The molecular weight excluding hydrogens is 452 g/mol. The fraction of sp³-hybridized carbons (Fsp3) is 0.452. The highest BCUT2D eigenvalue weighted by Gasteiger charge is 2.52.